The number of ether oxygens (including phenoxy) is 2. The Bertz CT molecular complexity index is 2050. The number of nitrogens with one attached hydrogen (secondary N) is 1. The van der Waals surface area contributed by atoms with Crippen LogP contribution < -0.4 is 14.2 Å². The van der Waals surface area contributed by atoms with Gasteiger partial charge in [0.25, 0.3) is 10.0 Å². The third-order valence-corrected chi connectivity index (χ3v) is 9.17. The van der Waals surface area contributed by atoms with Crippen LogP contribution in [0.15, 0.2) is 95.9 Å². The van der Waals surface area contributed by atoms with E-state index < -0.39 is 28.3 Å². The first kappa shape index (κ1) is 31.9. The monoisotopic (exact) mass is 643 g/mol. The Labute approximate surface area is 266 Å². The van der Waals surface area contributed by atoms with Crippen LogP contribution in [0.5, 0.6) is 17.2 Å². The number of aromatic hydroxyl groups is 1. The first-order valence-electron chi connectivity index (χ1n) is 14.2. The van der Waals surface area contributed by atoms with E-state index in [1.165, 1.54) is 50.4 Å². The Balaban J connectivity index is 1.69. The third-order valence-electron chi connectivity index (χ3n) is 7.79. The van der Waals surface area contributed by atoms with Crippen molar-refractivity contribution < 1.29 is 37.7 Å². The summed E-state index contributed by atoms with van der Waals surface area (Å²) in [4.78, 5) is 27.3. The summed E-state index contributed by atoms with van der Waals surface area (Å²) >= 11 is 0. The molecule has 0 spiro atoms. The van der Waals surface area contributed by atoms with E-state index in [1.54, 1.807) is 55.5 Å². The van der Waals surface area contributed by atoms with Crippen molar-refractivity contribution in [2.45, 2.75) is 17.9 Å². The number of benzene rings is 5. The highest BCUT2D eigenvalue weighted by Gasteiger charge is 2.26. The van der Waals surface area contributed by atoms with Gasteiger partial charge in [0.05, 0.1) is 17.7 Å². The minimum absolute atomic E-state index is 0.00418. The maximum absolute atomic E-state index is 13.6. The van der Waals surface area contributed by atoms with Crippen LogP contribution in [0.25, 0.3) is 32.7 Å². The molecule has 0 aromatic heterocycles. The number of fused-ring (bicyclic) bond motifs is 2. The molecule has 0 aliphatic rings. The van der Waals surface area contributed by atoms with E-state index in [1.807, 2.05) is 18.2 Å². The second-order valence-corrected chi connectivity index (χ2v) is 12.5. The molecule has 11 nitrogen and oxygen atoms in total. The zero-order valence-corrected chi connectivity index (χ0v) is 26.4. The van der Waals surface area contributed by atoms with Crippen molar-refractivity contribution in [2.75, 3.05) is 32.5 Å². The maximum atomic E-state index is 13.6. The fraction of sp³-hybridized carbons (Fsp3) is 0.176. The predicted octanol–water partition coefficient (Wildman–Crippen LogP) is 6.60. The van der Waals surface area contributed by atoms with Crippen LogP contribution in [0.4, 0.5) is 15.3 Å². The van der Waals surface area contributed by atoms with Crippen molar-refractivity contribution in [1.82, 2.24) is 9.80 Å². The summed E-state index contributed by atoms with van der Waals surface area (Å²) in [6, 6.07) is 24.4. The predicted molar refractivity (Wildman–Crippen MR) is 176 cm³/mol. The summed E-state index contributed by atoms with van der Waals surface area (Å²) in [5.74, 6) is 0.476. The molecule has 2 amide bonds. The van der Waals surface area contributed by atoms with E-state index in [4.69, 9.17) is 9.47 Å². The van der Waals surface area contributed by atoms with Gasteiger partial charge < -0.3 is 29.5 Å². The van der Waals surface area contributed by atoms with Gasteiger partial charge in [0.1, 0.15) is 17.2 Å². The summed E-state index contributed by atoms with van der Waals surface area (Å²) in [6.45, 7) is 1.70. The lowest BCUT2D eigenvalue weighted by molar-refractivity contribution is 0.123. The summed E-state index contributed by atoms with van der Waals surface area (Å²) in [6.07, 6.45) is -1.91. The number of nitrogens with zero attached hydrogens (tertiary/aromatic N) is 2. The highest BCUT2D eigenvalue weighted by Crippen LogP contribution is 2.47. The average molecular weight is 644 g/mol. The van der Waals surface area contributed by atoms with E-state index >= 15 is 0 Å². The second-order valence-electron chi connectivity index (χ2n) is 10.8. The lowest BCUT2D eigenvalue weighted by Gasteiger charge is -2.27. The van der Waals surface area contributed by atoms with Crippen molar-refractivity contribution >= 4 is 49.4 Å². The molecule has 5 aromatic rings. The zero-order chi connectivity index (χ0) is 33.2. The van der Waals surface area contributed by atoms with Gasteiger partial charge in [0.15, 0.2) is 0 Å². The number of rotatable bonds is 9. The first-order chi connectivity index (χ1) is 21.9. The fourth-order valence-electron chi connectivity index (χ4n) is 5.18. The van der Waals surface area contributed by atoms with Crippen molar-refractivity contribution in [1.29, 1.82) is 0 Å². The number of carboxylic acid groups (broad SMARTS) is 1. The quantitative estimate of drug-likeness (QED) is 0.163. The number of phenolic OH excluding ortho intramolecular Hbond substituents is 1. The van der Waals surface area contributed by atoms with E-state index in [2.05, 4.69) is 4.72 Å². The van der Waals surface area contributed by atoms with E-state index in [9.17, 15) is 28.2 Å². The largest absolute Gasteiger partial charge is 0.507 e. The van der Waals surface area contributed by atoms with Crippen molar-refractivity contribution in [3.05, 3.63) is 91.0 Å². The molecule has 0 saturated heterocycles. The zero-order valence-electron chi connectivity index (χ0n) is 25.6. The standard InChI is InChI=1S/C34H33N3O8S/c1-21(37(3)33(39)40)20-36(2)34(41)45-32-27-12-8-7-11-26(27)29(35-46(42,43)24-16-14-23(44-4)15-17-24)19-28(32)31-25-10-6-5-9-22(25)13-18-30(31)38/h5-19,21,35,38H,20H2,1-4H3,(H,39,40). The number of hydrogen-bond acceptors (Lipinski definition) is 7. The number of methoxy groups -OCH3 is 1. The van der Waals surface area contributed by atoms with Gasteiger partial charge in [-0.3, -0.25) is 4.72 Å². The molecule has 3 N–H and O–H groups in total. The number of carbonyl (C=O) groups excluding carboxylic acids is 1. The molecule has 1 atom stereocenters. The third kappa shape index (κ3) is 6.33. The Kier molecular flexibility index (Phi) is 8.92. The van der Waals surface area contributed by atoms with Gasteiger partial charge >= 0.3 is 12.2 Å². The Morgan fingerprint density at radius 2 is 1.52 bits per heavy atom. The molecule has 0 saturated carbocycles. The van der Waals surface area contributed by atoms with Crippen LogP contribution in [0.1, 0.15) is 6.92 Å². The molecule has 12 heteroatoms. The highest BCUT2D eigenvalue weighted by molar-refractivity contribution is 7.92. The van der Waals surface area contributed by atoms with Crippen LogP contribution in [-0.2, 0) is 10.0 Å². The second kappa shape index (κ2) is 12.9. The maximum Gasteiger partial charge on any atom is 0.415 e. The van der Waals surface area contributed by atoms with Crippen LogP contribution in [0, 0.1) is 0 Å². The molecule has 1 unspecified atom stereocenters. The smallest absolute Gasteiger partial charge is 0.415 e. The number of likely N-dealkylation sites (N-methyl/N-ethyl adjacent to an activating group) is 2. The minimum Gasteiger partial charge on any atom is -0.507 e. The number of sulfonamides is 1. The van der Waals surface area contributed by atoms with Gasteiger partial charge in [-0.1, -0.05) is 54.6 Å². The molecule has 46 heavy (non-hydrogen) atoms. The molecule has 5 aromatic carbocycles. The normalized spacial score (nSPS) is 12.0. The molecule has 0 aliphatic carbocycles. The molecule has 0 bridgehead atoms. The molecular weight excluding hydrogens is 610 g/mol. The van der Waals surface area contributed by atoms with E-state index in [0.29, 0.717) is 27.5 Å². The molecule has 0 aliphatic heterocycles. The number of amides is 2. The van der Waals surface area contributed by atoms with Gasteiger partial charge in [-0.25, -0.2) is 18.0 Å². The molecule has 238 valence electrons. The van der Waals surface area contributed by atoms with Gasteiger partial charge in [-0.15, -0.1) is 0 Å². The lowest BCUT2D eigenvalue weighted by Crippen LogP contribution is -2.44. The SMILES string of the molecule is COc1ccc(S(=O)(=O)Nc2cc(-c3c(O)ccc4ccccc34)c(OC(=O)N(C)CC(C)N(C)C(=O)O)c3ccccc23)cc1. The fourth-order valence-corrected chi connectivity index (χ4v) is 6.25. The lowest BCUT2D eigenvalue weighted by atomic mass is 9.93. The van der Waals surface area contributed by atoms with Crippen LogP contribution in [-0.4, -0.2) is 74.4 Å². The van der Waals surface area contributed by atoms with Gasteiger partial charge in [-0.2, -0.15) is 0 Å². The van der Waals surface area contributed by atoms with Gasteiger partial charge in [-0.05, 0) is 54.1 Å². The Morgan fingerprint density at radius 3 is 2.17 bits per heavy atom. The Hall–Kier alpha value is -5.49. The summed E-state index contributed by atoms with van der Waals surface area (Å²) < 4.78 is 41.1. The van der Waals surface area contributed by atoms with E-state index in [0.717, 1.165) is 10.3 Å². The first-order valence-corrected chi connectivity index (χ1v) is 15.7. The van der Waals surface area contributed by atoms with E-state index in [-0.39, 0.29) is 34.2 Å². The average Bonchev–Trinajstić information content (AvgIpc) is 3.05. The molecular formula is C34H33N3O8S. The van der Waals surface area contributed by atoms with Crippen LogP contribution in [0.3, 0.4) is 0 Å². The van der Waals surface area contributed by atoms with Crippen molar-refractivity contribution in [3.8, 4) is 28.4 Å². The van der Waals surface area contributed by atoms with Crippen LogP contribution >= 0.6 is 0 Å². The Morgan fingerprint density at radius 1 is 0.891 bits per heavy atom. The van der Waals surface area contributed by atoms with Crippen LogP contribution in [0.2, 0.25) is 0 Å². The highest BCUT2D eigenvalue weighted by atomic mass is 32.2. The number of phenols is 1. The summed E-state index contributed by atoms with van der Waals surface area (Å²) in [5.41, 5.74) is 0.787. The van der Waals surface area contributed by atoms with Gasteiger partial charge in [0.2, 0.25) is 0 Å². The molecule has 5 rings (SSSR count). The number of carbonyl (C=O) groups is 2. The molecule has 0 radical (unpaired) electrons. The summed E-state index contributed by atoms with van der Waals surface area (Å²) in [5, 5.41) is 22.8. The van der Waals surface area contributed by atoms with Gasteiger partial charge in [0, 0.05) is 48.6 Å². The number of anilines is 1. The number of hydrogen-bond donors (Lipinski definition) is 3. The molecule has 0 fully saturated rings. The van der Waals surface area contributed by atoms with Crippen molar-refractivity contribution in [2.24, 2.45) is 0 Å². The molecule has 0 heterocycles. The summed E-state index contributed by atoms with van der Waals surface area (Å²) in [7, 11) is 0.288. The van der Waals surface area contributed by atoms with Crippen molar-refractivity contribution in [3.63, 3.8) is 0 Å². The topological polar surface area (TPSA) is 146 Å². The minimum atomic E-state index is -4.10.